The Balaban J connectivity index is 2.07. The van der Waals surface area contributed by atoms with Gasteiger partial charge in [-0.25, -0.2) is 4.98 Å². The van der Waals surface area contributed by atoms with Crippen LogP contribution in [0.3, 0.4) is 0 Å². The van der Waals surface area contributed by atoms with Gasteiger partial charge in [0, 0.05) is 17.3 Å². The monoisotopic (exact) mass is 250 g/mol. The number of hydrogen-bond acceptors (Lipinski definition) is 4. The molecule has 1 atom stereocenters. The van der Waals surface area contributed by atoms with Crippen LogP contribution in [0.5, 0.6) is 0 Å². The molecule has 1 unspecified atom stereocenters. The Morgan fingerprint density at radius 2 is 2.59 bits per heavy atom. The number of carbonyl (C=O) groups excluding carboxylic acids is 1. The summed E-state index contributed by atoms with van der Waals surface area (Å²) in [5.74, 6) is -0.205. The van der Waals surface area contributed by atoms with Gasteiger partial charge in [-0.1, -0.05) is 0 Å². The third-order valence-electron chi connectivity index (χ3n) is 3.16. The SMILES string of the molecule is CCOC(=O)C1CCCc2sc3nccn3c21. The second kappa shape index (κ2) is 4.14. The van der Waals surface area contributed by atoms with Crippen LogP contribution in [0, 0.1) is 0 Å². The lowest BCUT2D eigenvalue weighted by Gasteiger charge is -2.20. The molecule has 3 rings (SSSR count). The van der Waals surface area contributed by atoms with Crippen molar-refractivity contribution < 1.29 is 9.53 Å². The van der Waals surface area contributed by atoms with Crippen molar-refractivity contribution in [2.45, 2.75) is 32.1 Å². The number of fused-ring (bicyclic) bond motifs is 3. The first-order valence-corrected chi connectivity index (χ1v) is 6.74. The van der Waals surface area contributed by atoms with Crippen LogP contribution in [-0.2, 0) is 16.0 Å². The van der Waals surface area contributed by atoms with Gasteiger partial charge >= 0.3 is 5.97 Å². The number of rotatable bonds is 2. The smallest absolute Gasteiger partial charge is 0.314 e. The van der Waals surface area contributed by atoms with E-state index in [1.807, 2.05) is 17.5 Å². The maximum absolute atomic E-state index is 12.0. The number of nitrogens with zero attached hydrogens (tertiary/aromatic N) is 2. The van der Waals surface area contributed by atoms with Gasteiger partial charge in [-0.05, 0) is 26.2 Å². The van der Waals surface area contributed by atoms with Gasteiger partial charge in [0.05, 0.1) is 18.2 Å². The highest BCUT2D eigenvalue weighted by Gasteiger charge is 2.31. The predicted molar refractivity (Wildman–Crippen MR) is 65.4 cm³/mol. The second-order valence-electron chi connectivity index (χ2n) is 4.19. The molecular weight excluding hydrogens is 236 g/mol. The minimum atomic E-state index is -0.110. The molecule has 0 radical (unpaired) electrons. The minimum Gasteiger partial charge on any atom is -0.465 e. The standard InChI is InChI=1S/C12H14N2O2S/c1-2-16-11(15)8-4-3-5-9-10(8)14-7-6-13-12(14)17-9/h6-8H,2-5H2,1H3. The van der Waals surface area contributed by atoms with Gasteiger partial charge in [-0.15, -0.1) is 11.3 Å². The summed E-state index contributed by atoms with van der Waals surface area (Å²) in [5.41, 5.74) is 1.10. The third-order valence-corrected chi connectivity index (χ3v) is 4.31. The first-order valence-electron chi connectivity index (χ1n) is 5.92. The zero-order valence-corrected chi connectivity index (χ0v) is 10.5. The quantitative estimate of drug-likeness (QED) is 0.769. The van der Waals surface area contributed by atoms with Crippen molar-refractivity contribution in [1.82, 2.24) is 9.38 Å². The molecule has 0 aromatic carbocycles. The highest BCUT2D eigenvalue weighted by Crippen LogP contribution is 2.37. The first-order chi connectivity index (χ1) is 8.31. The summed E-state index contributed by atoms with van der Waals surface area (Å²) in [6, 6.07) is 0. The Morgan fingerprint density at radius 3 is 3.41 bits per heavy atom. The molecular formula is C12H14N2O2S. The zero-order valence-electron chi connectivity index (χ0n) is 9.68. The molecule has 90 valence electrons. The lowest BCUT2D eigenvalue weighted by molar-refractivity contribution is -0.145. The highest BCUT2D eigenvalue weighted by atomic mass is 32.1. The molecule has 2 aromatic rings. The maximum atomic E-state index is 12.0. The Kier molecular flexibility index (Phi) is 2.63. The van der Waals surface area contributed by atoms with E-state index in [9.17, 15) is 4.79 Å². The Labute approximate surface area is 103 Å². The van der Waals surface area contributed by atoms with Crippen molar-refractivity contribution in [1.29, 1.82) is 0 Å². The van der Waals surface area contributed by atoms with Crippen molar-refractivity contribution in [2.75, 3.05) is 6.61 Å². The normalized spacial score (nSPS) is 19.2. The molecule has 0 fully saturated rings. The van der Waals surface area contributed by atoms with Crippen molar-refractivity contribution in [3.8, 4) is 0 Å². The van der Waals surface area contributed by atoms with Crippen LogP contribution < -0.4 is 0 Å². The van der Waals surface area contributed by atoms with E-state index in [2.05, 4.69) is 4.98 Å². The van der Waals surface area contributed by atoms with Gasteiger partial charge in [0.1, 0.15) is 0 Å². The molecule has 0 saturated carbocycles. The van der Waals surface area contributed by atoms with Crippen molar-refractivity contribution in [3.05, 3.63) is 23.0 Å². The number of imidazole rings is 1. The summed E-state index contributed by atoms with van der Waals surface area (Å²) >= 11 is 1.69. The molecule has 17 heavy (non-hydrogen) atoms. The fourth-order valence-electron chi connectivity index (χ4n) is 2.46. The van der Waals surface area contributed by atoms with Gasteiger partial charge in [-0.2, -0.15) is 0 Å². The van der Waals surface area contributed by atoms with E-state index >= 15 is 0 Å². The number of aromatic nitrogens is 2. The molecule has 0 N–H and O–H groups in total. The van der Waals surface area contributed by atoms with Gasteiger partial charge in [0.25, 0.3) is 0 Å². The van der Waals surface area contributed by atoms with Crippen LogP contribution in [0.25, 0.3) is 4.96 Å². The van der Waals surface area contributed by atoms with Gasteiger partial charge in [0.15, 0.2) is 4.96 Å². The minimum absolute atomic E-state index is 0.0955. The largest absolute Gasteiger partial charge is 0.465 e. The third kappa shape index (κ3) is 1.65. The summed E-state index contributed by atoms with van der Waals surface area (Å²) in [5, 5.41) is 0. The molecule has 1 aliphatic carbocycles. The fraction of sp³-hybridized carbons (Fsp3) is 0.500. The average Bonchev–Trinajstić information content (AvgIpc) is 2.88. The number of hydrogen-bond donors (Lipinski definition) is 0. The highest BCUT2D eigenvalue weighted by molar-refractivity contribution is 7.17. The molecule has 0 spiro atoms. The van der Waals surface area contributed by atoms with Crippen LogP contribution in [0.4, 0.5) is 0 Å². The van der Waals surface area contributed by atoms with E-state index in [-0.39, 0.29) is 11.9 Å². The van der Waals surface area contributed by atoms with Gasteiger partial charge in [-0.3, -0.25) is 9.20 Å². The Morgan fingerprint density at radius 1 is 1.71 bits per heavy atom. The Bertz CT molecular complexity index is 558. The molecule has 0 bridgehead atoms. The van der Waals surface area contributed by atoms with E-state index in [0.29, 0.717) is 6.61 Å². The van der Waals surface area contributed by atoms with E-state index in [1.165, 1.54) is 4.88 Å². The van der Waals surface area contributed by atoms with E-state index in [0.717, 1.165) is 29.9 Å². The topological polar surface area (TPSA) is 43.6 Å². The summed E-state index contributed by atoms with van der Waals surface area (Å²) < 4.78 is 7.21. The van der Waals surface area contributed by atoms with Crippen molar-refractivity contribution in [2.24, 2.45) is 0 Å². The van der Waals surface area contributed by atoms with E-state index in [1.54, 1.807) is 17.5 Å². The molecule has 4 nitrogen and oxygen atoms in total. The van der Waals surface area contributed by atoms with Crippen LogP contribution in [-0.4, -0.2) is 22.0 Å². The average molecular weight is 250 g/mol. The molecule has 2 heterocycles. The lowest BCUT2D eigenvalue weighted by atomic mass is 9.91. The molecule has 1 aliphatic rings. The maximum Gasteiger partial charge on any atom is 0.314 e. The van der Waals surface area contributed by atoms with E-state index < -0.39 is 0 Å². The number of ether oxygens (including phenoxy) is 1. The van der Waals surface area contributed by atoms with Crippen molar-refractivity contribution >= 4 is 22.3 Å². The van der Waals surface area contributed by atoms with Crippen molar-refractivity contribution in [3.63, 3.8) is 0 Å². The molecule has 2 aromatic heterocycles. The summed E-state index contributed by atoms with van der Waals surface area (Å²) in [6.07, 6.45) is 6.71. The van der Waals surface area contributed by atoms with Gasteiger partial charge in [0.2, 0.25) is 0 Å². The summed E-state index contributed by atoms with van der Waals surface area (Å²) in [6.45, 7) is 2.30. The number of aryl methyl sites for hydroxylation is 1. The number of esters is 1. The zero-order chi connectivity index (χ0) is 11.8. The second-order valence-corrected chi connectivity index (χ2v) is 5.25. The van der Waals surface area contributed by atoms with Crippen LogP contribution in [0.2, 0.25) is 0 Å². The fourth-order valence-corrected chi connectivity index (χ4v) is 3.65. The number of thiazole rings is 1. The molecule has 0 saturated heterocycles. The Hall–Kier alpha value is -1.36. The molecule has 0 amide bonds. The summed E-state index contributed by atoms with van der Waals surface area (Å²) in [7, 11) is 0. The van der Waals surface area contributed by atoms with Crippen LogP contribution in [0.15, 0.2) is 12.4 Å². The van der Waals surface area contributed by atoms with E-state index in [4.69, 9.17) is 4.74 Å². The predicted octanol–water partition coefficient (Wildman–Crippen LogP) is 2.38. The molecule has 0 aliphatic heterocycles. The molecule has 5 heteroatoms. The first kappa shape index (κ1) is 10.8. The van der Waals surface area contributed by atoms with Gasteiger partial charge < -0.3 is 4.74 Å². The summed E-state index contributed by atoms with van der Waals surface area (Å²) in [4.78, 5) is 18.5. The lowest BCUT2D eigenvalue weighted by Crippen LogP contribution is -2.21. The van der Waals surface area contributed by atoms with Crippen LogP contribution >= 0.6 is 11.3 Å². The van der Waals surface area contributed by atoms with Crippen LogP contribution in [0.1, 0.15) is 36.3 Å². The number of carbonyl (C=O) groups is 1.